The largest absolute Gasteiger partial charge is 0.489 e. The predicted molar refractivity (Wildman–Crippen MR) is 127 cm³/mol. The second-order valence-electron chi connectivity index (χ2n) is 7.44. The van der Waals surface area contributed by atoms with E-state index < -0.39 is 5.97 Å². The van der Waals surface area contributed by atoms with Crippen LogP contribution in [0.2, 0.25) is 0 Å². The van der Waals surface area contributed by atoms with E-state index in [1.54, 1.807) is 54.9 Å². The summed E-state index contributed by atoms with van der Waals surface area (Å²) >= 11 is 0. The summed E-state index contributed by atoms with van der Waals surface area (Å²) in [7, 11) is 0. The van der Waals surface area contributed by atoms with Crippen molar-refractivity contribution in [1.82, 2.24) is 4.98 Å². The first-order chi connectivity index (χ1) is 16.6. The zero-order chi connectivity index (χ0) is 23.8. The Hall–Kier alpha value is -4.65. The van der Waals surface area contributed by atoms with Crippen LogP contribution in [0.3, 0.4) is 0 Å². The zero-order valence-electron chi connectivity index (χ0n) is 18.2. The number of ether oxygens (including phenoxy) is 2. The minimum absolute atomic E-state index is 0.0494. The van der Waals surface area contributed by atoms with Gasteiger partial charge in [-0.05, 0) is 71.8 Å². The highest BCUT2D eigenvalue weighted by molar-refractivity contribution is 6.00. The van der Waals surface area contributed by atoms with Crippen LogP contribution in [0.15, 0.2) is 97.3 Å². The number of pyridine rings is 1. The number of rotatable bonds is 9. The molecule has 0 unspecified atom stereocenters. The van der Waals surface area contributed by atoms with Gasteiger partial charge in [0.1, 0.15) is 23.9 Å². The number of anilines is 1. The van der Waals surface area contributed by atoms with Gasteiger partial charge in [-0.15, -0.1) is 0 Å². The third-order valence-electron chi connectivity index (χ3n) is 4.93. The van der Waals surface area contributed by atoms with Crippen LogP contribution in [0.4, 0.5) is 5.69 Å². The van der Waals surface area contributed by atoms with Crippen molar-refractivity contribution in [2.45, 2.75) is 13.0 Å². The van der Waals surface area contributed by atoms with Gasteiger partial charge in [-0.3, -0.25) is 9.78 Å². The van der Waals surface area contributed by atoms with Gasteiger partial charge in [-0.2, -0.15) is 0 Å². The van der Waals surface area contributed by atoms with E-state index in [0.29, 0.717) is 18.1 Å². The Morgan fingerprint density at radius 1 is 0.765 bits per heavy atom. The Morgan fingerprint density at radius 3 is 2.06 bits per heavy atom. The second-order valence-corrected chi connectivity index (χ2v) is 7.44. The molecule has 0 spiro atoms. The van der Waals surface area contributed by atoms with Crippen LogP contribution in [0, 0.1) is 0 Å². The Morgan fingerprint density at radius 2 is 1.38 bits per heavy atom. The molecule has 34 heavy (non-hydrogen) atoms. The minimum atomic E-state index is -1.09. The maximum atomic E-state index is 12.4. The van der Waals surface area contributed by atoms with Gasteiger partial charge in [-0.1, -0.05) is 24.3 Å². The van der Waals surface area contributed by atoms with Crippen LogP contribution >= 0.6 is 0 Å². The van der Waals surface area contributed by atoms with Gasteiger partial charge in [0, 0.05) is 12.4 Å². The summed E-state index contributed by atoms with van der Waals surface area (Å²) in [5.41, 5.74) is 2.13. The minimum Gasteiger partial charge on any atom is -0.489 e. The topological polar surface area (TPSA) is 97.8 Å². The number of aromatic nitrogens is 1. The van der Waals surface area contributed by atoms with Crippen molar-refractivity contribution in [3.63, 3.8) is 0 Å². The monoisotopic (exact) mass is 454 g/mol. The number of benzene rings is 3. The number of carboxylic acid groups (broad SMARTS) is 1. The lowest BCUT2D eigenvalue weighted by Crippen LogP contribution is -2.16. The molecular weight excluding hydrogens is 432 g/mol. The molecule has 1 aromatic heterocycles. The molecule has 1 amide bonds. The Labute approximate surface area is 196 Å². The van der Waals surface area contributed by atoms with Gasteiger partial charge in [0.2, 0.25) is 5.91 Å². The van der Waals surface area contributed by atoms with E-state index in [1.165, 1.54) is 6.07 Å². The summed E-state index contributed by atoms with van der Waals surface area (Å²) in [6, 6.07) is 24.6. The average Bonchev–Trinajstić information content (AvgIpc) is 2.85. The molecule has 0 aliphatic heterocycles. The van der Waals surface area contributed by atoms with Crippen LogP contribution in [-0.2, 0) is 17.8 Å². The number of hydrogen-bond donors (Lipinski definition) is 2. The molecule has 0 fully saturated rings. The highest BCUT2D eigenvalue weighted by atomic mass is 16.5. The van der Waals surface area contributed by atoms with E-state index in [1.807, 2.05) is 36.4 Å². The lowest BCUT2D eigenvalue weighted by molar-refractivity contribution is -0.115. The number of carbonyl (C=O) groups is 2. The van der Waals surface area contributed by atoms with E-state index in [4.69, 9.17) is 9.47 Å². The lowest BCUT2D eigenvalue weighted by Gasteiger charge is -2.10. The summed E-state index contributed by atoms with van der Waals surface area (Å²) in [4.78, 5) is 27.6. The van der Waals surface area contributed by atoms with Gasteiger partial charge >= 0.3 is 5.97 Å². The fraction of sp³-hybridized carbons (Fsp3) is 0.0741. The normalized spacial score (nSPS) is 10.4. The molecule has 170 valence electrons. The van der Waals surface area contributed by atoms with Crippen molar-refractivity contribution in [3.8, 4) is 17.2 Å². The first-order valence-electron chi connectivity index (χ1n) is 10.6. The standard InChI is InChI=1S/C27H22N2O5/c30-26(29-25-4-2-1-3-24(25)27(31)32)17-19-5-7-22(8-6-19)34-23-11-9-21(10-12-23)33-18-20-13-15-28-16-14-20/h1-16H,17-18H2,(H,29,30)(H,31,32). The van der Waals surface area contributed by atoms with Crippen molar-refractivity contribution >= 4 is 17.6 Å². The highest BCUT2D eigenvalue weighted by Crippen LogP contribution is 2.25. The van der Waals surface area contributed by atoms with Gasteiger partial charge in [0.05, 0.1) is 17.7 Å². The van der Waals surface area contributed by atoms with Crippen molar-refractivity contribution in [1.29, 1.82) is 0 Å². The summed E-state index contributed by atoms with van der Waals surface area (Å²) in [5, 5.41) is 11.9. The maximum absolute atomic E-state index is 12.4. The van der Waals surface area contributed by atoms with E-state index in [9.17, 15) is 14.7 Å². The summed E-state index contributed by atoms with van der Waals surface area (Å²) in [6.07, 6.45) is 3.56. The quantitative estimate of drug-likeness (QED) is 0.355. The van der Waals surface area contributed by atoms with Crippen molar-refractivity contribution < 1.29 is 24.2 Å². The lowest BCUT2D eigenvalue weighted by atomic mass is 10.1. The first kappa shape index (κ1) is 22.5. The molecule has 0 saturated heterocycles. The summed E-state index contributed by atoms with van der Waals surface area (Å²) in [5.74, 6) is 0.628. The third-order valence-corrected chi connectivity index (χ3v) is 4.93. The summed E-state index contributed by atoms with van der Waals surface area (Å²) in [6.45, 7) is 0.458. The fourth-order valence-electron chi connectivity index (χ4n) is 3.22. The summed E-state index contributed by atoms with van der Waals surface area (Å²) < 4.78 is 11.6. The molecule has 7 nitrogen and oxygen atoms in total. The molecule has 3 aromatic carbocycles. The number of carbonyl (C=O) groups excluding carboxylic acids is 1. The van der Waals surface area contributed by atoms with Crippen LogP contribution in [0.1, 0.15) is 21.5 Å². The third kappa shape index (κ3) is 6.20. The smallest absolute Gasteiger partial charge is 0.337 e. The maximum Gasteiger partial charge on any atom is 0.337 e. The molecule has 4 rings (SSSR count). The number of hydrogen-bond acceptors (Lipinski definition) is 5. The van der Waals surface area contributed by atoms with E-state index in [2.05, 4.69) is 10.3 Å². The molecule has 0 radical (unpaired) electrons. The Balaban J connectivity index is 1.29. The average molecular weight is 454 g/mol. The van der Waals surface area contributed by atoms with Crippen LogP contribution in [-0.4, -0.2) is 22.0 Å². The molecule has 0 atom stereocenters. The molecule has 0 saturated carbocycles. The van der Waals surface area contributed by atoms with Gasteiger partial charge in [-0.25, -0.2) is 4.79 Å². The van der Waals surface area contributed by atoms with Crippen molar-refractivity contribution in [2.75, 3.05) is 5.32 Å². The molecule has 2 N–H and O–H groups in total. The van der Waals surface area contributed by atoms with E-state index in [-0.39, 0.29) is 23.6 Å². The molecule has 4 aromatic rings. The molecule has 7 heteroatoms. The number of nitrogens with one attached hydrogen (secondary N) is 1. The molecule has 1 heterocycles. The van der Waals surface area contributed by atoms with Crippen molar-refractivity contribution in [2.24, 2.45) is 0 Å². The SMILES string of the molecule is O=C(Cc1ccc(Oc2ccc(OCc3ccncc3)cc2)cc1)Nc1ccccc1C(=O)O. The van der Waals surface area contributed by atoms with Crippen LogP contribution in [0.5, 0.6) is 17.2 Å². The van der Waals surface area contributed by atoms with Crippen molar-refractivity contribution in [3.05, 3.63) is 114 Å². The van der Waals surface area contributed by atoms with E-state index in [0.717, 1.165) is 16.9 Å². The first-order valence-corrected chi connectivity index (χ1v) is 10.6. The Bertz CT molecular complexity index is 1260. The number of carboxylic acids is 1. The van der Waals surface area contributed by atoms with Crippen LogP contribution in [0.25, 0.3) is 0 Å². The fourth-order valence-corrected chi connectivity index (χ4v) is 3.22. The second kappa shape index (κ2) is 10.8. The molecular formula is C27H22N2O5. The van der Waals surface area contributed by atoms with E-state index >= 15 is 0 Å². The molecule has 0 bridgehead atoms. The number of amides is 1. The number of para-hydroxylation sites is 1. The zero-order valence-corrected chi connectivity index (χ0v) is 18.2. The van der Waals surface area contributed by atoms with Crippen LogP contribution < -0.4 is 14.8 Å². The van der Waals surface area contributed by atoms with Gasteiger partial charge in [0.15, 0.2) is 0 Å². The number of aromatic carboxylic acids is 1. The van der Waals surface area contributed by atoms with Gasteiger partial charge < -0.3 is 19.9 Å². The number of nitrogens with zero attached hydrogens (tertiary/aromatic N) is 1. The molecule has 0 aliphatic rings. The van der Waals surface area contributed by atoms with Gasteiger partial charge in [0.25, 0.3) is 0 Å². The Kier molecular flexibility index (Phi) is 7.15. The molecule has 0 aliphatic carbocycles. The highest BCUT2D eigenvalue weighted by Gasteiger charge is 2.12. The predicted octanol–water partition coefficient (Wildman–Crippen LogP) is 5.33.